The van der Waals surface area contributed by atoms with E-state index in [9.17, 15) is 9.59 Å². The zero-order chi connectivity index (χ0) is 13.8. The van der Waals surface area contributed by atoms with Gasteiger partial charge in [0.05, 0.1) is 11.6 Å². The van der Waals surface area contributed by atoms with E-state index in [1.807, 2.05) is 0 Å². The third-order valence-electron chi connectivity index (χ3n) is 2.84. The van der Waals surface area contributed by atoms with Gasteiger partial charge in [-0.05, 0) is 19.1 Å². The van der Waals surface area contributed by atoms with Gasteiger partial charge in [-0.25, -0.2) is 0 Å². The first-order valence-corrected chi connectivity index (χ1v) is 6.42. The number of ether oxygens (including phenoxy) is 1. The Morgan fingerprint density at radius 3 is 2.89 bits per heavy atom. The maximum atomic E-state index is 12.1. The topological polar surface area (TPSA) is 58.6 Å². The number of amides is 2. The summed E-state index contributed by atoms with van der Waals surface area (Å²) in [6.07, 6.45) is -0.675. The van der Waals surface area contributed by atoms with Gasteiger partial charge in [-0.15, -0.1) is 0 Å². The quantitative estimate of drug-likeness (QED) is 0.902. The number of piperazine rings is 1. The number of rotatable bonds is 3. The Kier molecular flexibility index (Phi) is 4.27. The van der Waals surface area contributed by atoms with Gasteiger partial charge >= 0.3 is 0 Å². The second-order valence-corrected chi connectivity index (χ2v) is 4.71. The standard InChI is InChI=1S/C13H15ClN2O3/c1-9(19-11-5-3-2-4-10(11)14)13(18)16-7-6-15-12(17)8-16/h2-5,9H,6-8H2,1H3,(H,15,17)/t9-/m0/s1. The molecular weight excluding hydrogens is 268 g/mol. The molecule has 1 heterocycles. The van der Waals surface area contributed by atoms with Gasteiger partial charge in [-0.3, -0.25) is 9.59 Å². The van der Waals surface area contributed by atoms with E-state index in [0.717, 1.165) is 0 Å². The largest absolute Gasteiger partial charge is 0.479 e. The van der Waals surface area contributed by atoms with Gasteiger partial charge < -0.3 is 15.0 Å². The van der Waals surface area contributed by atoms with Gasteiger partial charge in [0.2, 0.25) is 5.91 Å². The van der Waals surface area contributed by atoms with Crippen LogP contribution in [0.2, 0.25) is 5.02 Å². The molecule has 6 heteroatoms. The fourth-order valence-corrected chi connectivity index (χ4v) is 2.05. The monoisotopic (exact) mass is 282 g/mol. The molecule has 1 atom stereocenters. The van der Waals surface area contributed by atoms with Crippen LogP contribution in [0.3, 0.4) is 0 Å². The van der Waals surface area contributed by atoms with E-state index in [-0.39, 0.29) is 18.4 Å². The molecule has 2 rings (SSSR count). The van der Waals surface area contributed by atoms with Crippen molar-refractivity contribution in [3.63, 3.8) is 0 Å². The Bertz CT molecular complexity index is 493. The lowest BCUT2D eigenvalue weighted by molar-refractivity contribution is -0.143. The molecule has 2 amide bonds. The van der Waals surface area contributed by atoms with Crippen LogP contribution in [0.4, 0.5) is 0 Å². The Labute approximate surface area is 116 Å². The lowest BCUT2D eigenvalue weighted by atomic mass is 10.2. The number of nitrogens with zero attached hydrogens (tertiary/aromatic N) is 1. The molecule has 1 aromatic rings. The zero-order valence-electron chi connectivity index (χ0n) is 10.6. The summed E-state index contributed by atoms with van der Waals surface area (Å²) in [5.74, 6) is 0.103. The average molecular weight is 283 g/mol. The van der Waals surface area contributed by atoms with Crippen molar-refractivity contribution in [2.45, 2.75) is 13.0 Å². The summed E-state index contributed by atoms with van der Waals surface area (Å²) in [5.41, 5.74) is 0. The minimum Gasteiger partial charge on any atom is -0.479 e. The molecule has 1 N–H and O–H groups in total. The fourth-order valence-electron chi connectivity index (χ4n) is 1.86. The second kappa shape index (κ2) is 5.93. The first-order valence-electron chi connectivity index (χ1n) is 6.04. The normalized spacial score (nSPS) is 16.7. The highest BCUT2D eigenvalue weighted by Crippen LogP contribution is 2.24. The Morgan fingerprint density at radius 2 is 2.21 bits per heavy atom. The third-order valence-corrected chi connectivity index (χ3v) is 3.15. The number of halogens is 1. The van der Waals surface area contributed by atoms with Crippen molar-refractivity contribution in [2.75, 3.05) is 19.6 Å². The minimum absolute atomic E-state index is 0.0784. The van der Waals surface area contributed by atoms with Crippen molar-refractivity contribution < 1.29 is 14.3 Å². The van der Waals surface area contributed by atoms with Gasteiger partial charge in [0.15, 0.2) is 6.10 Å². The summed E-state index contributed by atoms with van der Waals surface area (Å²) in [6.45, 7) is 2.71. The van der Waals surface area contributed by atoms with E-state index >= 15 is 0 Å². The third kappa shape index (κ3) is 3.38. The lowest BCUT2D eigenvalue weighted by Gasteiger charge is -2.29. The number of hydrogen-bond acceptors (Lipinski definition) is 3. The first kappa shape index (κ1) is 13.7. The highest BCUT2D eigenvalue weighted by atomic mass is 35.5. The molecule has 0 unspecified atom stereocenters. The van der Waals surface area contributed by atoms with Gasteiger partial charge in [0.25, 0.3) is 5.91 Å². The van der Waals surface area contributed by atoms with Crippen LogP contribution in [0.15, 0.2) is 24.3 Å². The van der Waals surface area contributed by atoms with Crippen molar-refractivity contribution in [1.29, 1.82) is 0 Å². The molecule has 0 radical (unpaired) electrons. The summed E-state index contributed by atoms with van der Waals surface area (Å²) in [6, 6.07) is 6.97. The Balaban J connectivity index is 1.99. The molecule has 19 heavy (non-hydrogen) atoms. The van der Waals surface area contributed by atoms with Crippen LogP contribution >= 0.6 is 11.6 Å². The zero-order valence-corrected chi connectivity index (χ0v) is 11.3. The number of carbonyl (C=O) groups excluding carboxylic acids is 2. The number of carbonyl (C=O) groups is 2. The highest BCUT2D eigenvalue weighted by molar-refractivity contribution is 6.32. The minimum atomic E-state index is -0.675. The van der Waals surface area contributed by atoms with Crippen molar-refractivity contribution in [1.82, 2.24) is 10.2 Å². The van der Waals surface area contributed by atoms with Crippen molar-refractivity contribution >= 4 is 23.4 Å². The molecule has 1 aromatic carbocycles. The van der Waals surface area contributed by atoms with Crippen LogP contribution in [0.25, 0.3) is 0 Å². The predicted molar refractivity (Wildman–Crippen MR) is 71.1 cm³/mol. The second-order valence-electron chi connectivity index (χ2n) is 4.30. The Morgan fingerprint density at radius 1 is 1.47 bits per heavy atom. The molecule has 0 bridgehead atoms. The molecular formula is C13H15ClN2O3. The van der Waals surface area contributed by atoms with Crippen LogP contribution in [0.5, 0.6) is 5.75 Å². The maximum absolute atomic E-state index is 12.1. The highest BCUT2D eigenvalue weighted by Gasteiger charge is 2.26. The van der Waals surface area contributed by atoms with Gasteiger partial charge in [-0.2, -0.15) is 0 Å². The van der Waals surface area contributed by atoms with E-state index in [1.54, 1.807) is 31.2 Å². The number of nitrogens with one attached hydrogen (secondary N) is 1. The van der Waals surface area contributed by atoms with Gasteiger partial charge in [-0.1, -0.05) is 23.7 Å². The lowest BCUT2D eigenvalue weighted by Crippen LogP contribution is -2.53. The van der Waals surface area contributed by atoms with Crippen LogP contribution in [-0.4, -0.2) is 42.5 Å². The summed E-state index contributed by atoms with van der Waals surface area (Å²) < 4.78 is 5.54. The molecule has 0 saturated carbocycles. The molecule has 1 saturated heterocycles. The Hall–Kier alpha value is -1.75. The molecule has 0 spiro atoms. The summed E-state index contributed by atoms with van der Waals surface area (Å²) in [7, 11) is 0. The molecule has 0 aliphatic carbocycles. The maximum Gasteiger partial charge on any atom is 0.263 e. The van der Waals surface area contributed by atoms with Crippen LogP contribution < -0.4 is 10.1 Å². The average Bonchev–Trinajstić information content (AvgIpc) is 2.40. The predicted octanol–water partition coefficient (Wildman–Crippen LogP) is 1.07. The SMILES string of the molecule is C[C@H](Oc1ccccc1Cl)C(=O)N1CCNC(=O)C1. The van der Waals surface area contributed by atoms with E-state index in [2.05, 4.69) is 5.32 Å². The van der Waals surface area contributed by atoms with Gasteiger partial charge in [0, 0.05) is 13.1 Å². The molecule has 1 aliphatic heterocycles. The fraction of sp³-hybridized carbons (Fsp3) is 0.385. The van der Waals surface area contributed by atoms with Crippen LogP contribution in [0, 0.1) is 0 Å². The van der Waals surface area contributed by atoms with E-state index in [0.29, 0.717) is 23.9 Å². The van der Waals surface area contributed by atoms with Crippen LogP contribution in [0.1, 0.15) is 6.92 Å². The number of para-hydroxylation sites is 1. The molecule has 102 valence electrons. The molecule has 1 aliphatic rings. The van der Waals surface area contributed by atoms with Crippen molar-refractivity contribution in [2.24, 2.45) is 0 Å². The summed E-state index contributed by atoms with van der Waals surface area (Å²) >= 11 is 5.97. The summed E-state index contributed by atoms with van der Waals surface area (Å²) in [4.78, 5) is 24.9. The van der Waals surface area contributed by atoms with E-state index < -0.39 is 6.10 Å². The smallest absolute Gasteiger partial charge is 0.263 e. The van der Waals surface area contributed by atoms with Crippen molar-refractivity contribution in [3.8, 4) is 5.75 Å². The molecule has 0 aromatic heterocycles. The van der Waals surface area contributed by atoms with Crippen molar-refractivity contribution in [3.05, 3.63) is 29.3 Å². The van der Waals surface area contributed by atoms with Crippen LogP contribution in [-0.2, 0) is 9.59 Å². The van der Waals surface area contributed by atoms with Gasteiger partial charge in [0.1, 0.15) is 5.75 Å². The molecule has 1 fully saturated rings. The summed E-state index contributed by atoms with van der Waals surface area (Å²) in [5, 5.41) is 3.13. The number of benzene rings is 1. The number of hydrogen-bond donors (Lipinski definition) is 1. The van der Waals surface area contributed by atoms with E-state index in [1.165, 1.54) is 4.90 Å². The first-order chi connectivity index (χ1) is 9.08. The van der Waals surface area contributed by atoms with E-state index in [4.69, 9.17) is 16.3 Å². The molecule has 5 nitrogen and oxygen atoms in total.